The lowest BCUT2D eigenvalue weighted by Crippen LogP contribution is -2.68. The molecular weight excluding hydrogens is 486 g/mol. The molecule has 0 bridgehead atoms. The Balaban J connectivity index is 1.62. The molecule has 0 aliphatic heterocycles. The summed E-state index contributed by atoms with van der Waals surface area (Å²) in [5, 5.41) is 21.9. The van der Waals surface area contributed by atoms with E-state index >= 15 is 0 Å². The minimum absolute atomic E-state index is 0.00755. The van der Waals surface area contributed by atoms with Gasteiger partial charge in [0.2, 0.25) is 11.8 Å². The second kappa shape index (κ2) is 8.44. The van der Waals surface area contributed by atoms with Crippen LogP contribution in [0.2, 0.25) is 0 Å². The van der Waals surface area contributed by atoms with Crippen LogP contribution in [0.1, 0.15) is 28.8 Å². The van der Waals surface area contributed by atoms with Crippen LogP contribution in [-0.2, 0) is 25.6 Å². The number of benzene rings is 1. The normalized spacial score (nSPS) is 28.7. The predicted molar refractivity (Wildman–Crippen MR) is 123 cm³/mol. The molecule has 0 radical (unpaired) electrons. The Bertz CT molecular complexity index is 1400. The van der Waals surface area contributed by atoms with E-state index in [4.69, 9.17) is 15.2 Å². The van der Waals surface area contributed by atoms with E-state index in [1.54, 1.807) is 6.07 Å². The van der Waals surface area contributed by atoms with Crippen molar-refractivity contribution in [1.82, 2.24) is 9.97 Å². The molecule has 12 heteroatoms. The Kier molecular flexibility index (Phi) is 5.59. The van der Waals surface area contributed by atoms with Gasteiger partial charge in [0.25, 0.3) is 0 Å². The van der Waals surface area contributed by atoms with Gasteiger partial charge in [-0.05, 0) is 36.0 Å². The highest BCUT2D eigenvalue weighted by molar-refractivity contribution is 6.31. The summed E-state index contributed by atoms with van der Waals surface area (Å²) in [6.45, 7) is 0. The van der Waals surface area contributed by atoms with Gasteiger partial charge in [-0.15, -0.1) is 0 Å². The first-order chi connectivity index (χ1) is 17.5. The number of hydrogen-bond donors (Lipinski definition) is 3. The number of fused-ring (bicyclic) bond motifs is 3. The van der Waals surface area contributed by atoms with Crippen LogP contribution in [0.4, 0.5) is 0 Å². The minimum atomic E-state index is -2.69. The number of carbonyl (C=O) groups is 5. The van der Waals surface area contributed by atoms with Gasteiger partial charge in [-0.3, -0.25) is 24.0 Å². The number of hydrogen-bond acceptors (Lipinski definition) is 11. The average Bonchev–Trinajstić information content (AvgIpc) is 2.85. The highest BCUT2D eigenvalue weighted by atomic mass is 16.5. The standard InChI is InChI=1S/C25H23N3O9/c1-36-23-13(8-27-24(28-23)37-2)11-3-4-14(29)17-12(11)6-9-5-10-7-15(30)18(22(26)34)21(33)25(10,35)20(32)16(9)19(17)31/h3-4,8-10,16,18,29,35H,5-7H2,1-2H3,(H2,26,34)/t9-,10+,16?,18?,25+/m1/s1. The molecule has 5 rings (SSSR count). The SMILES string of the molecule is COc1ncc(-c2ccc(O)c3c2C[C@H]2C[C@H]4CC(=O)C(C(N)=O)C(=O)[C@@]4(O)C(=O)C2C3=O)c(OC)n1. The molecule has 12 nitrogen and oxygen atoms in total. The lowest BCUT2D eigenvalue weighted by atomic mass is 9.53. The van der Waals surface area contributed by atoms with E-state index in [0.29, 0.717) is 16.7 Å². The molecule has 5 atom stereocenters. The van der Waals surface area contributed by atoms with Gasteiger partial charge in [0, 0.05) is 18.5 Å². The summed E-state index contributed by atoms with van der Waals surface area (Å²) in [5.41, 5.74) is 3.69. The summed E-state index contributed by atoms with van der Waals surface area (Å²) in [7, 11) is 2.79. The fourth-order valence-electron chi connectivity index (χ4n) is 6.01. The van der Waals surface area contributed by atoms with E-state index < -0.39 is 64.7 Å². The highest BCUT2D eigenvalue weighted by Crippen LogP contribution is 2.51. The monoisotopic (exact) mass is 509 g/mol. The summed E-state index contributed by atoms with van der Waals surface area (Å²) < 4.78 is 10.4. The number of nitrogens with two attached hydrogens (primary N) is 1. The van der Waals surface area contributed by atoms with Crippen LogP contribution in [0.25, 0.3) is 11.1 Å². The maximum atomic E-state index is 13.7. The van der Waals surface area contributed by atoms with Crippen molar-refractivity contribution in [2.24, 2.45) is 29.4 Å². The molecule has 2 saturated carbocycles. The molecule has 1 amide bonds. The lowest BCUT2D eigenvalue weighted by molar-refractivity contribution is -0.175. The molecule has 2 fully saturated rings. The maximum Gasteiger partial charge on any atom is 0.319 e. The van der Waals surface area contributed by atoms with Crippen LogP contribution < -0.4 is 15.2 Å². The van der Waals surface area contributed by atoms with Gasteiger partial charge in [0.05, 0.1) is 31.3 Å². The second-order valence-electron chi connectivity index (χ2n) is 9.50. The zero-order chi connectivity index (χ0) is 26.8. The Hall–Kier alpha value is -4.19. The van der Waals surface area contributed by atoms with E-state index in [1.165, 1.54) is 26.5 Å². The third-order valence-electron chi connectivity index (χ3n) is 7.68. The molecule has 1 aromatic carbocycles. The number of carbonyl (C=O) groups excluding carboxylic acids is 5. The van der Waals surface area contributed by atoms with Crippen LogP contribution >= 0.6 is 0 Å². The third-order valence-corrected chi connectivity index (χ3v) is 7.68. The molecule has 1 aromatic heterocycles. The highest BCUT2D eigenvalue weighted by Gasteiger charge is 2.66. The largest absolute Gasteiger partial charge is 0.507 e. The minimum Gasteiger partial charge on any atom is -0.507 e. The molecule has 3 aliphatic rings. The molecule has 37 heavy (non-hydrogen) atoms. The number of aromatic nitrogens is 2. The van der Waals surface area contributed by atoms with Crippen LogP contribution in [0, 0.1) is 23.7 Å². The lowest BCUT2D eigenvalue weighted by Gasteiger charge is -2.48. The molecule has 0 spiro atoms. The first-order valence-corrected chi connectivity index (χ1v) is 11.5. The number of nitrogens with zero attached hydrogens (tertiary/aromatic N) is 2. The summed E-state index contributed by atoms with van der Waals surface area (Å²) in [5.74, 6) is -10.6. The smallest absolute Gasteiger partial charge is 0.319 e. The first kappa shape index (κ1) is 24.5. The number of ether oxygens (including phenoxy) is 2. The van der Waals surface area contributed by atoms with Gasteiger partial charge in [0.1, 0.15) is 5.75 Å². The Morgan fingerprint density at radius 1 is 1.08 bits per heavy atom. The topological polar surface area (TPSA) is 196 Å². The second-order valence-corrected chi connectivity index (χ2v) is 9.50. The number of Topliss-reactive ketones (excluding diaryl/α,β-unsaturated/α-hetero) is 4. The fourth-order valence-corrected chi connectivity index (χ4v) is 6.01. The van der Waals surface area contributed by atoms with Crippen molar-refractivity contribution in [1.29, 1.82) is 0 Å². The molecule has 4 N–H and O–H groups in total. The molecule has 0 saturated heterocycles. The number of primary amides is 1. The molecule has 3 aliphatic carbocycles. The Morgan fingerprint density at radius 2 is 1.81 bits per heavy atom. The van der Waals surface area contributed by atoms with Gasteiger partial charge in [-0.25, -0.2) is 4.98 Å². The summed E-state index contributed by atoms with van der Waals surface area (Å²) in [4.78, 5) is 72.8. The van der Waals surface area contributed by atoms with Crippen molar-refractivity contribution in [3.05, 3.63) is 29.5 Å². The molecule has 1 heterocycles. The van der Waals surface area contributed by atoms with Crippen molar-refractivity contribution >= 4 is 29.0 Å². The van der Waals surface area contributed by atoms with Gasteiger partial charge in [0.15, 0.2) is 34.7 Å². The summed E-state index contributed by atoms with van der Waals surface area (Å²) in [6, 6.07) is 2.91. The van der Waals surface area contributed by atoms with Gasteiger partial charge >= 0.3 is 6.01 Å². The molecule has 2 aromatic rings. The van der Waals surface area contributed by atoms with Crippen LogP contribution in [0.5, 0.6) is 17.6 Å². The van der Waals surface area contributed by atoms with E-state index in [9.17, 15) is 34.2 Å². The van der Waals surface area contributed by atoms with Crippen LogP contribution in [0.15, 0.2) is 18.3 Å². The number of ketones is 4. The number of amides is 1. The zero-order valence-electron chi connectivity index (χ0n) is 19.9. The van der Waals surface area contributed by atoms with Gasteiger partial charge < -0.3 is 25.4 Å². The number of phenols is 1. The predicted octanol–water partition coefficient (Wildman–Crippen LogP) is -0.199. The van der Waals surface area contributed by atoms with E-state index in [1.807, 2.05) is 0 Å². The zero-order valence-corrected chi connectivity index (χ0v) is 19.9. The van der Waals surface area contributed by atoms with Crippen LogP contribution in [0.3, 0.4) is 0 Å². The van der Waals surface area contributed by atoms with Gasteiger partial charge in [-0.2, -0.15) is 4.98 Å². The maximum absolute atomic E-state index is 13.7. The Morgan fingerprint density at radius 3 is 2.46 bits per heavy atom. The molecule has 2 unspecified atom stereocenters. The van der Waals surface area contributed by atoms with E-state index in [0.717, 1.165) is 0 Å². The molecular formula is C25H23N3O9. The van der Waals surface area contributed by atoms with E-state index in [-0.39, 0.29) is 36.0 Å². The number of methoxy groups -OCH3 is 2. The number of aliphatic hydroxyl groups is 1. The number of phenolic OH excluding ortho intramolecular Hbond substituents is 1. The third kappa shape index (κ3) is 3.35. The van der Waals surface area contributed by atoms with Crippen molar-refractivity contribution in [2.75, 3.05) is 14.2 Å². The van der Waals surface area contributed by atoms with Crippen molar-refractivity contribution in [2.45, 2.75) is 24.9 Å². The van der Waals surface area contributed by atoms with Gasteiger partial charge in [-0.1, -0.05) is 6.07 Å². The van der Waals surface area contributed by atoms with E-state index in [2.05, 4.69) is 9.97 Å². The molecule has 192 valence electrons. The first-order valence-electron chi connectivity index (χ1n) is 11.5. The Labute approximate surface area is 209 Å². The van der Waals surface area contributed by atoms with Crippen molar-refractivity contribution < 1.29 is 43.7 Å². The van der Waals surface area contributed by atoms with Crippen molar-refractivity contribution in [3.8, 4) is 28.8 Å². The number of aromatic hydroxyl groups is 1. The fraction of sp³-hybridized carbons (Fsp3) is 0.400. The average molecular weight is 509 g/mol. The summed E-state index contributed by atoms with van der Waals surface area (Å²) >= 11 is 0. The quantitative estimate of drug-likeness (QED) is 0.462. The summed E-state index contributed by atoms with van der Waals surface area (Å²) in [6.07, 6.45) is 1.15. The van der Waals surface area contributed by atoms with Crippen LogP contribution in [-0.4, -0.2) is 69.0 Å². The number of rotatable bonds is 4. The van der Waals surface area contributed by atoms with Crippen molar-refractivity contribution in [3.63, 3.8) is 0 Å².